The van der Waals surface area contributed by atoms with Crippen molar-refractivity contribution in [2.75, 3.05) is 6.16 Å². The minimum Gasteiger partial charge on any atom is -0.446 e. The van der Waals surface area contributed by atoms with Crippen LogP contribution in [-0.4, -0.2) is 17.9 Å². The molecule has 0 bridgehead atoms. The lowest BCUT2D eigenvalue weighted by Crippen LogP contribution is -2.43. The number of carbonyl (C=O) groups is 2. The van der Waals surface area contributed by atoms with Gasteiger partial charge in [-0.1, -0.05) is 115 Å². The summed E-state index contributed by atoms with van der Waals surface area (Å²) in [6, 6.07) is 50.2. The second-order valence-electron chi connectivity index (χ2n) is 9.77. The zero-order valence-electron chi connectivity index (χ0n) is 22.5. The molecule has 0 radical (unpaired) electrons. The minimum atomic E-state index is -2.29. The Balaban J connectivity index is 1.74. The lowest BCUT2D eigenvalue weighted by molar-refractivity contribution is -0.153. The predicted molar refractivity (Wildman–Crippen MR) is 165 cm³/mol. The number of ether oxygens (including phenoxy) is 1. The fourth-order valence-corrected chi connectivity index (χ4v) is 9.89. The molecule has 5 rings (SSSR count). The highest BCUT2D eigenvalue weighted by molar-refractivity contribution is 7.95. The molecule has 5 aromatic rings. The first-order chi connectivity index (χ1) is 19.6. The molecule has 0 spiro atoms. The van der Waals surface area contributed by atoms with E-state index in [9.17, 15) is 9.59 Å². The van der Waals surface area contributed by atoms with Crippen molar-refractivity contribution in [3.63, 3.8) is 0 Å². The Morgan fingerprint density at radius 1 is 0.575 bits per heavy atom. The molecule has 40 heavy (non-hydrogen) atoms. The zero-order valence-corrected chi connectivity index (χ0v) is 23.4. The molecule has 1 unspecified atom stereocenters. The second-order valence-corrected chi connectivity index (χ2v) is 13.4. The largest absolute Gasteiger partial charge is 0.446 e. The molecular weight excluding hydrogens is 511 g/mol. The summed E-state index contributed by atoms with van der Waals surface area (Å²) in [7, 11) is -2.29. The number of benzene rings is 5. The Labute approximate surface area is 236 Å². The van der Waals surface area contributed by atoms with E-state index in [0.29, 0.717) is 23.7 Å². The van der Waals surface area contributed by atoms with Crippen LogP contribution in [0, 0.1) is 0 Å². The highest BCUT2D eigenvalue weighted by atomic mass is 31.2. The van der Waals surface area contributed by atoms with Crippen LogP contribution in [0.4, 0.5) is 0 Å². The molecule has 0 aromatic heterocycles. The number of Topliss-reactive ketones (excluding diaryl/α,β-unsaturated/α-hetero) is 1. The van der Waals surface area contributed by atoms with Crippen molar-refractivity contribution in [3.05, 3.63) is 163 Å². The Morgan fingerprint density at radius 2 is 0.950 bits per heavy atom. The van der Waals surface area contributed by atoms with E-state index in [0.717, 1.165) is 0 Å². The van der Waals surface area contributed by atoms with Crippen LogP contribution in [0.2, 0.25) is 0 Å². The summed E-state index contributed by atoms with van der Waals surface area (Å²) in [6.07, 6.45) is 0.933. The molecule has 0 N–H and O–H groups in total. The van der Waals surface area contributed by atoms with E-state index in [1.165, 1.54) is 22.8 Å². The molecule has 0 fully saturated rings. The monoisotopic (exact) mass is 543 g/mol. The first-order valence-electron chi connectivity index (χ1n) is 13.5. The van der Waals surface area contributed by atoms with Crippen molar-refractivity contribution < 1.29 is 14.3 Å². The first kappa shape index (κ1) is 27.2. The molecule has 0 amide bonds. The van der Waals surface area contributed by atoms with Gasteiger partial charge in [-0.2, -0.15) is 0 Å². The summed E-state index contributed by atoms with van der Waals surface area (Å²) >= 11 is 0. The van der Waals surface area contributed by atoms with Crippen molar-refractivity contribution in [3.8, 4) is 0 Å². The molecule has 1 atom stereocenters. The lowest BCUT2D eigenvalue weighted by Gasteiger charge is -2.35. The summed E-state index contributed by atoms with van der Waals surface area (Å²) in [6.45, 7) is 1.38. The molecule has 5 aromatic carbocycles. The predicted octanol–water partition coefficient (Wildman–Crippen LogP) is 6.71. The van der Waals surface area contributed by atoms with Gasteiger partial charge in [0.25, 0.3) is 0 Å². The molecule has 0 aliphatic rings. The highest BCUT2D eigenvalue weighted by Gasteiger charge is 2.51. The van der Waals surface area contributed by atoms with Crippen LogP contribution in [0.5, 0.6) is 0 Å². The maximum atomic E-state index is 14.5. The molecule has 4 heteroatoms. The van der Waals surface area contributed by atoms with Gasteiger partial charge in [0, 0.05) is 24.5 Å². The van der Waals surface area contributed by atoms with Gasteiger partial charge in [-0.25, -0.2) is 0 Å². The third-order valence-corrected chi connectivity index (χ3v) is 11.8. The van der Waals surface area contributed by atoms with Crippen molar-refractivity contribution >= 4 is 34.9 Å². The summed E-state index contributed by atoms with van der Waals surface area (Å²) in [4.78, 5) is 27.2. The van der Waals surface area contributed by atoms with Crippen LogP contribution in [0.25, 0.3) is 0 Å². The van der Waals surface area contributed by atoms with Gasteiger partial charge in [-0.15, -0.1) is 0 Å². The van der Waals surface area contributed by atoms with Gasteiger partial charge in [-0.05, 0) is 36.4 Å². The normalized spacial score (nSPS) is 12.7. The fraction of sp³-hybridized carbons (Fsp3) is 0.111. The van der Waals surface area contributed by atoms with Gasteiger partial charge >= 0.3 is 5.97 Å². The van der Waals surface area contributed by atoms with Crippen LogP contribution in [0.3, 0.4) is 0 Å². The first-order valence-corrected chi connectivity index (χ1v) is 15.4. The number of esters is 1. The van der Waals surface area contributed by atoms with Crippen LogP contribution >= 0.6 is 7.26 Å². The smallest absolute Gasteiger partial charge is 0.303 e. The minimum absolute atomic E-state index is 0.221. The van der Waals surface area contributed by atoms with E-state index in [-0.39, 0.29) is 5.78 Å². The summed E-state index contributed by atoms with van der Waals surface area (Å²) < 4.78 is 6.17. The zero-order chi connectivity index (χ0) is 27.8. The molecule has 198 valence electrons. The fourth-order valence-electron chi connectivity index (χ4n) is 5.53. The Kier molecular flexibility index (Phi) is 8.34. The van der Waals surface area contributed by atoms with Crippen LogP contribution in [-0.2, 0) is 15.1 Å². The Bertz CT molecular complexity index is 1440. The average Bonchev–Trinajstić information content (AvgIpc) is 3.02. The molecule has 0 saturated heterocycles. The standard InChI is InChI=1S/C36H32O3P/c1-29(37)39-36(31-19-9-3-10-20-31,35(38)30-17-7-2-8-18-30)27-28-40(32-21-11-4-12-22-32,33-23-13-5-14-24-33)34-25-15-6-16-26-34/h2-26H,27-28H2,1H3/q+1. The summed E-state index contributed by atoms with van der Waals surface area (Å²) in [5.41, 5.74) is -0.306. The van der Waals surface area contributed by atoms with Crippen LogP contribution < -0.4 is 15.9 Å². The third kappa shape index (κ3) is 5.39. The van der Waals surface area contributed by atoms with Crippen LogP contribution in [0.1, 0.15) is 29.3 Å². The second kappa shape index (κ2) is 12.2. The lowest BCUT2D eigenvalue weighted by atomic mass is 9.83. The van der Waals surface area contributed by atoms with E-state index in [1.54, 1.807) is 12.1 Å². The van der Waals surface area contributed by atoms with Gasteiger partial charge in [0.05, 0.1) is 6.16 Å². The Hall–Kier alpha value is -4.33. The Morgan fingerprint density at radius 3 is 1.35 bits per heavy atom. The van der Waals surface area contributed by atoms with E-state index in [1.807, 2.05) is 66.7 Å². The van der Waals surface area contributed by atoms with Gasteiger partial charge in [0.15, 0.2) is 0 Å². The SMILES string of the molecule is CC(=O)OC(CC[P+](c1ccccc1)(c1ccccc1)c1ccccc1)(C(=O)c1ccccc1)c1ccccc1. The summed E-state index contributed by atoms with van der Waals surface area (Å²) in [5.74, 6) is -0.710. The number of ketones is 1. The molecule has 0 saturated carbocycles. The van der Waals surface area contributed by atoms with E-state index in [4.69, 9.17) is 4.74 Å². The maximum absolute atomic E-state index is 14.5. The number of carbonyl (C=O) groups excluding carboxylic acids is 2. The maximum Gasteiger partial charge on any atom is 0.303 e. The number of hydrogen-bond acceptors (Lipinski definition) is 3. The molecule has 0 aliphatic carbocycles. The third-order valence-electron chi connectivity index (χ3n) is 7.35. The van der Waals surface area contributed by atoms with Crippen molar-refractivity contribution in [2.24, 2.45) is 0 Å². The van der Waals surface area contributed by atoms with Crippen LogP contribution in [0.15, 0.2) is 152 Å². The van der Waals surface area contributed by atoms with Crippen molar-refractivity contribution in [2.45, 2.75) is 18.9 Å². The van der Waals surface area contributed by atoms with Gasteiger partial charge in [0.2, 0.25) is 11.4 Å². The topological polar surface area (TPSA) is 43.4 Å². The van der Waals surface area contributed by atoms with Gasteiger partial charge in [0.1, 0.15) is 23.2 Å². The summed E-state index contributed by atoms with van der Waals surface area (Å²) in [5, 5.41) is 3.64. The van der Waals surface area contributed by atoms with E-state index < -0.39 is 18.8 Å². The van der Waals surface area contributed by atoms with Gasteiger partial charge in [-0.3, -0.25) is 9.59 Å². The van der Waals surface area contributed by atoms with E-state index >= 15 is 0 Å². The highest BCUT2D eigenvalue weighted by Crippen LogP contribution is 2.57. The number of hydrogen-bond donors (Lipinski definition) is 0. The number of rotatable bonds is 10. The van der Waals surface area contributed by atoms with E-state index in [2.05, 4.69) is 72.8 Å². The average molecular weight is 544 g/mol. The molecule has 0 aliphatic heterocycles. The molecular formula is C36H32O3P+. The van der Waals surface area contributed by atoms with Crippen molar-refractivity contribution in [1.82, 2.24) is 0 Å². The quantitative estimate of drug-likeness (QED) is 0.112. The van der Waals surface area contributed by atoms with Gasteiger partial charge < -0.3 is 4.74 Å². The molecule has 0 heterocycles. The molecule has 3 nitrogen and oxygen atoms in total. The van der Waals surface area contributed by atoms with Crippen molar-refractivity contribution in [1.29, 1.82) is 0 Å².